The van der Waals surface area contributed by atoms with Crippen LogP contribution in [0.2, 0.25) is 0 Å². The molecule has 1 nitrogen and oxygen atoms in total. The summed E-state index contributed by atoms with van der Waals surface area (Å²) in [7, 11) is 0. The van der Waals surface area contributed by atoms with Crippen LogP contribution in [0.1, 0.15) is 52.9 Å². The second-order valence-electron chi connectivity index (χ2n) is 4.79. The Bertz CT molecular complexity index is 123. The van der Waals surface area contributed by atoms with Gasteiger partial charge in [0.1, 0.15) is 0 Å². The van der Waals surface area contributed by atoms with Crippen molar-refractivity contribution in [2.24, 2.45) is 11.1 Å². The van der Waals surface area contributed by atoms with Gasteiger partial charge in [-0.1, -0.05) is 33.6 Å². The lowest BCUT2D eigenvalue weighted by atomic mass is 9.88. The molecule has 0 atom stereocenters. The van der Waals surface area contributed by atoms with Crippen LogP contribution >= 0.6 is 11.8 Å². The molecule has 0 fully saturated rings. The van der Waals surface area contributed by atoms with Crippen molar-refractivity contribution in [3.8, 4) is 0 Å². The topological polar surface area (TPSA) is 26.0 Å². The van der Waals surface area contributed by atoms with Crippen molar-refractivity contribution in [2.75, 3.05) is 18.1 Å². The minimum atomic E-state index is 0.351. The van der Waals surface area contributed by atoms with Gasteiger partial charge in [0, 0.05) is 0 Å². The molecule has 0 spiro atoms. The summed E-state index contributed by atoms with van der Waals surface area (Å²) < 4.78 is 0. The molecule has 0 aliphatic carbocycles. The Morgan fingerprint density at radius 2 is 1.71 bits per heavy atom. The average Bonchev–Trinajstić information content (AvgIpc) is 2.16. The van der Waals surface area contributed by atoms with E-state index in [0.717, 1.165) is 6.54 Å². The fourth-order valence-electron chi connectivity index (χ4n) is 1.31. The molecular formula is C12H27NS. The van der Waals surface area contributed by atoms with E-state index in [4.69, 9.17) is 5.73 Å². The van der Waals surface area contributed by atoms with Crippen LogP contribution in [-0.2, 0) is 0 Å². The normalized spacial score (nSPS) is 12.0. The van der Waals surface area contributed by atoms with Crippen LogP contribution < -0.4 is 5.73 Å². The minimum absolute atomic E-state index is 0.351. The predicted octanol–water partition coefficient (Wildman–Crippen LogP) is 3.67. The second-order valence-corrected chi connectivity index (χ2v) is 6.02. The molecular weight excluding hydrogens is 190 g/mol. The van der Waals surface area contributed by atoms with E-state index in [2.05, 4.69) is 32.5 Å². The number of rotatable bonds is 9. The molecule has 14 heavy (non-hydrogen) atoms. The van der Waals surface area contributed by atoms with E-state index in [-0.39, 0.29) is 0 Å². The summed E-state index contributed by atoms with van der Waals surface area (Å²) in [6.07, 6.45) is 6.70. The SMILES string of the molecule is CCCCCSCCCC(C)(C)CN. The monoisotopic (exact) mass is 217 g/mol. The molecule has 0 saturated carbocycles. The largest absolute Gasteiger partial charge is 0.330 e. The summed E-state index contributed by atoms with van der Waals surface area (Å²) in [6, 6.07) is 0. The lowest BCUT2D eigenvalue weighted by Gasteiger charge is -2.21. The number of hydrogen-bond acceptors (Lipinski definition) is 2. The van der Waals surface area contributed by atoms with Crippen molar-refractivity contribution in [1.29, 1.82) is 0 Å². The van der Waals surface area contributed by atoms with Gasteiger partial charge >= 0.3 is 0 Å². The number of hydrogen-bond donors (Lipinski definition) is 1. The molecule has 0 bridgehead atoms. The first-order chi connectivity index (χ1) is 6.62. The third kappa shape index (κ3) is 8.89. The highest BCUT2D eigenvalue weighted by Gasteiger charge is 2.13. The molecule has 0 radical (unpaired) electrons. The number of nitrogens with two attached hydrogens (primary N) is 1. The predicted molar refractivity (Wildman–Crippen MR) is 68.9 cm³/mol. The van der Waals surface area contributed by atoms with E-state index in [1.807, 2.05) is 0 Å². The quantitative estimate of drug-likeness (QED) is 0.596. The number of unbranched alkanes of at least 4 members (excludes halogenated alkanes) is 2. The zero-order valence-corrected chi connectivity index (χ0v) is 11.0. The average molecular weight is 217 g/mol. The smallest absolute Gasteiger partial charge is 0.00258 e. The molecule has 0 saturated heterocycles. The van der Waals surface area contributed by atoms with Gasteiger partial charge in [0.15, 0.2) is 0 Å². The molecule has 2 heteroatoms. The Labute approximate surface area is 94.2 Å². The molecule has 86 valence electrons. The van der Waals surface area contributed by atoms with Gasteiger partial charge in [-0.05, 0) is 42.7 Å². The van der Waals surface area contributed by atoms with Crippen molar-refractivity contribution >= 4 is 11.8 Å². The third-order valence-electron chi connectivity index (χ3n) is 2.59. The molecule has 0 heterocycles. The third-order valence-corrected chi connectivity index (χ3v) is 3.74. The van der Waals surface area contributed by atoms with E-state index in [1.54, 1.807) is 0 Å². The van der Waals surface area contributed by atoms with Crippen LogP contribution in [0.3, 0.4) is 0 Å². The summed E-state index contributed by atoms with van der Waals surface area (Å²) in [5.74, 6) is 2.66. The van der Waals surface area contributed by atoms with Gasteiger partial charge in [-0.2, -0.15) is 11.8 Å². The summed E-state index contributed by atoms with van der Waals surface area (Å²) in [5.41, 5.74) is 6.03. The molecule has 0 rings (SSSR count). The molecule has 0 aliphatic rings. The Kier molecular flexibility index (Phi) is 8.80. The van der Waals surface area contributed by atoms with Crippen molar-refractivity contribution in [2.45, 2.75) is 52.9 Å². The first-order valence-corrected chi connectivity index (χ1v) is 7.05. The first-order valence-electron chi connectivity index (χ1n) is 5.90. The maximum atomic E-state index is 5.68. The fourth-order valence-corrected chi connectivity index (χ4v) is 2.27. The molecule has 0 unspecified atom stereocenters. The standard InChI is InChI=1S/C12H27NS/c1-4-5-6-9-14-10-7-8-12(2,3)11-13/h4-11,13H2,1-3H3. The van der Waals surface area contributed by atoms with Crippen LogP contribution in [0.4, 0.5) is 0 Å². The van der Waals surface area contributed by atoms with Crippen LogP contribution in [0, 0.1) is 5.41 Å². The van der Waals surface area contributed by atoms with E-state index in [9.17, 15) is 0 Å². The molecule has 0 aromatic rings. The van der Waals surface area contributed by atoms with Gasteiger partial charge in [-0.15, -0.1) is 0 Å². The van der Waals surface area contributed by atoms with Crippen LogP contribution in [0.25, 0.3) is 0 Å². The van der Waals surface area contributed by atoms with Gasteiger partial charge in [0.25, 0.3) is 0 Å². The summed E-state index contributed by atoms with van der Waals surface area (Å²) >= 11 is 2.10. The minimum Gasteiger partial charge on any atom is -0.330 e. The van der Waals surface area contributed by atoms with Gasteiger partial charge in [0.2, 0.25) is 0 Å². The molecule has 0 aromatic carbocycles. The van der Waals surface area contributed by atoms with Crippen LogP contribution in [0.5, 0.6) is 0 Å². The van der Waals surface area contributed by atoms with Crippen molar-refractivity contribution in [3.63, 3.8) is 0 Å². The highest BCUT2D eigenvalue weighted by atomic mass is 32.2. The van der Waals surface area contributed by atoms with Gasteiger partial charge < -0.3 is 5.73 Å². The highest BCUT2D eigenvalue weighted by Crippen LogP contribution is 2.21. The molecule has 0 aromatic heterocycles. The first kappa shape index (κ1) is 14.3. The maximum Gasteiger partial charge on any atom is -0.00258 e. The lowest BCUT2D eigenvalue weighted by molar-refractivity contribution is 0.345. The van der Waals surface area contributed by atoms with Crippen LogP contribution in [0.15, 0.2) is 0 Å². The summed E-state index contributed by atoms with van der Waals surface area (Å²) in [4.78, 5) is 0. The zero-order valence-electron chi connectivity index (χ0n) is 10.1. The van der Waals surface area contributed by atoms with Crippen molar-refractivity contribution < 1.29 is 0 Å². The molecule has 0 amide bonds. The maximum absolute atomic E-state index is 5.68. The number of thioether (sulfide) groups is 1. The Balaban J connectivity index is 3.13. The molecule has 0 aliphatic heterocycles. The van der Waals surface area contributed by atoms with E-state index < -0.39 is 0 Å². The summed E-state index contributed by atoms with van der Waals surface area (Å²) in [5, 5.41) is 0. The Morgan fingerprint density at radius 1 is 1.07 bits per heavy atom. The van der Waals surface area contributed by atoms with Gasteiger partial charge in [0.05, 0.1) is 0 Å². The zero-order chi connectivity index (χ0) is 10.9. The van der Waals surface area contributed by atoms with Gasteiger partial charge in [-0.25, -0.2) is 0 Å². The molecule has 2 N–H and O–H groups in total. The van der Waals surface area contributed by atoms with E-state index >= 15 is 0 Å². The van der Waals surface area contributed by atoms with Crippen molar-refractivity contribution in [3.05, 3.63) is 0 Å². The Hall–Kier alpha value is 0.310. The van der Waals surface area contributed by atoms with Crippen molar-refractivity contribution in [1.82, 2.24) is 0 Å². The summed E-state index contributed by atoms with van der Waals surface area (Å²) in [6.45, 7) is 7.59. The van der Waals surface area contributed by atoms with Crippen LogP contribution in [-0.4, -0.2) is 18.1 Å². The van der Waals surface area contributed by atoms with E-state index in [0.29, 0.717) is 5.41 Å². The second kappa shape index (κ2) is 8.60. The Morgan fingerprint density at radius 3 is 2.29 bits per heavy atom. The fraction of sp³-hybridized carbons (Fsp3) is 1.00. The lowest BCUT2D eigenvalue weighted by Crippen LogP contribution is -2.23. The van der Waals surface area contributed by atoms with E-state index in [1.165, 1.54) is 43.6 Å². The van der Waals surface area contributed by atoms with Gasteiger partial charge in [-0.3, -0.25) is 0 Å². The highest BCUT2D eigenvalue weighted by molar-refractivity contribution is 7.99.